The van der Waals surface area contributed by atoms with Crippen molar-refractivity contribution in [1.82, 2.24) is 4.90 Å². The van der Waals surface area contributed by atoms with Crippen LogP contribution in [0.1, 0.15) is 44.2 Å². The molecule has 1 N–H and O–H groups in total. The first kappa shape index (κ1) is 14.6. The third kappa shape index (κ3) is 3.00. The second-order valence-corrected chi connectivity index (χ2v) is 5.28. The molecule has 1 aromatic rings. The zero-order valence-corrected chi connectivity index (χ0v) is 11.8. The normalized spacial score (nSPS) is 23.4. The average molecular weight is 275 g/mol. The van der Waals surface area contributed by atoms with Crippen LogP contribution in [0.25, 0.3) is 0 Å². The predicted octanol–water partition coefficient (Wildman–Crippen LogP) is 2.85. The number of amides is 1. The number of likely N-dealkylation sites (tertiary alicyclic amines) is 1. The maximum Gasteiger partial charge on any atom is 0.308 e. The molecule has 0 aromatic heterocycles. The van der Waals surface area contributed by atoms with Gasteiger partial charge in [-0.3, -0.25) is 9.59 Å². The molecule has 0 radical (unpaired) electrons. The van der Waals surface area contributed by atoms with Crippen molar-refractivity contribution in [2.24, 2.45) is 5.92 Å². The summed E-state index contributed by atoms with van der Waals surface area (Å²) in [6.07, 6.45) is 2.49. The number of carboxylic acid groups (broad SMARTS) is 1. The van der Waals surface area contributed by atoms with Gasteiger partial charge in [0, 0.05) is 13.0 Å². The van der Waals surface area contributed by atoms with E-state index in [-0.39, 0.29) is 11.9 Å². The Morgan fingerprint density at radius 3 is 2.65 bits per heavy atom. The highest BCUT2D eigenvalue weighted by Gasteiger charge is 2.37. The van der Waals surface area contributed by atoms with E-state index < -0.39 is 11.9 Å². The van der Waals surface area contributed by atoms with Crippen molar-refractivity contribution in [3.8, 4) is 0 Å². The molecule has 0 bridgehead atoms. The van der Waals surface area contributed by atoms with Crippen LogP contribution in [0.3, 0.4) is 0 Å². The minimum atomic E-state index is -0.811. The SMILES string of the molecule is CCCN1C(=O)CCCC(C(=O)O)C1c1ccccc1. The number of carbonyl (C=O) groups is 2. The number of benzene rings is 1. The molecule has 4 heteroatoms. The summed E-state index contributed by atoms with van der Waals surface area (Å²) in [4.78, 5) is 25.7. The summed E-state index contributed by atoms with van der Waals surface area (Å²) >= 11 is 0. The second-order valence-electron chi connectivity index (χ2n) is 5.28. The van der Waals surface area contributed by atoms with Gasteiger partial charge in [0.1, 0.15) is 0 Å². The highest BCUT2D eigenvalue weighted by molar-refractivity contribution is 5.79. The van der Waals surface area contributed by atoms with Gasteiger partial charge in [0.05, 0.1) is 12.0 Å². The number of nitrogens with zero attached hydrogens (tertiary/aromatic N) is 1. The van der Waals surface area contributed by atoms with Crippen LogP contribution in [0.15, 0.2) is 30.3 Å². The van der Waals surface area contributed by atoms with Crippen LogP contribution < -0.4 is 0 Å². The van der Waals surface area contributed by atoms with Gasteiger partial charge in [-0.1, -0.05) is 37.3 Å². The molecule has 4 nitrogen and oxygen atoms in total. The molecule has 2 unspecified atom stereocenters. The highest BCUT2D eigenvalue weighted by Crippen LogP contribution is 2.35. The Balaban J connectivity index is 2.43. The number of carbonyl (C=O) groups excluding carboxylic acids is 1. The molecule has 1 aliphatic heterocycles. The zero-order chi connectivity index (χ0) is 14.5. The summed E-state index contributed by atoms with van der Waals surface area (Å²) < 4.78 is 0. The van der Waals surface area contributed by atoms with E-state index in [4.69, 9.17) is 0 Å². The number of hydrogen-bond donors (Lipinski definition) is 1. The average Bonchev–Trinajstić information content (AvgIpc) is 2.60. The van der Waals surface area contributed by atoms with Crippen molar-refractivity contribution in [2.75, 3.05) is 6.54 Å². The first-order valence-electron chi connectivity index (χ1n) is 7.22. The molecule has 0 saturated carbocycles. The fraction of sp³-hybridized carbons (Fsp3) is 0.500. The van der Waals surface area contributed by atoms with Gasteiger partial charge in [0.15, 0.2) is 0 Å². The van der Waals surface area contributed by atoms with E-state index in [2.05, 4.69) is 0 Å². The molecule has 1 aromatic carbocycles. The lowest BCUT2D eigenvalue weighted by Gasteiger charge is -2.33. The molecular weight excluding hydrogens is 254 g/mol. The highest BCUT2D eigenvalue weighted by atomic mass is 16.4. The molecule has 0 spiro atoms. The minimum Gasteiger partial charge on any atom is -0.481 e. The maximum atomic E-state index is 12.3. The van der Waals surface area contributed by atoms with Gasteiger partial charge in [-0.2, -0.15) is 0 Å². The molecule has 2 rings (SSSR count). The first-order chi connectivity index (χ1) is 9.65. The Labute approximate surface area is 119 Å². The molecule has 2 atom stereocenters. The van der Waals surface area contributed by atoms with Crippen molar-refractivity contribution in [3.63, 3.8) is 0 Å². The molecule has 1 aliphatic rings. The number of carboxylic acids is 1. The van der Waals surface area contributed by atoms with Gasteiger partial charge < -0.3 is 10.0 Å². The van der Waals surface area contributed by atoms with Crippen LogP contribution in [0, 0.1) is 5.92 Å². The van der Waals surface area contributed by atoms with Crippen LogP contribution in [-0.2, 0) is 9.59 Å². The quantitative estimate of drug-likeness (QED) is 0.919. The predicted molar refractivity (Wildman–Crippen MR) is 76.2 cm³/mol. The van der Waals surface area contributed by atoms with Crippen molar-refractivity contribution in [1.29, 1.82) is 0 Å². The van der Waals surface area contributed by atoms with Crippen LogP contribution in [0.2, 0.25) is 0 Å². The van der Waals surface area contributed by atoms with Crippen LogP contribution in [0.4, 0.5) is 0 Å². The molecule has 1 amide bonds. The standard InChI is InChI=1S/C16H21NO3/c1-2-11-17-14(18)10-6-9-13(16(19)20)15(17)12-7-4-3-5-8-12/h3-5,7-8,13,15H,2,6,9-11H2,1H3,(H,19,20). The Bertz CT molecular complexity index is 472. The molecular formula is C16H21NO3. The maximum absolute atomic E-state index is 12.3. The molecule has 108 valence electrons. The smallest absolute Gasteiger partial charge is 0.308 e. The Morgan fingerprint density at radius 2 is 2.05 bits per heavy atom. The Kier molecular flexibility index (Phi) is 4.77. The van der Waals surface area contributed by atoms with E-state index in [1.807, 2.05) is 37.3 Å². The number of hydrogen-bond acceptors (Lipinski definition) is 2. The van der Waals surface area contributed by atoms with E-state index in [9.17, 15) is 14.7 Å². The van der Waals surface area contributed by atoms with Crippen molar-refractivity contribution >= 4 is 11.9 Å². The lowest BCUT2D eigenvalue weighted by atomic mass is 9.89. The first-order valence-corrected chi connectivity index (χ1v) is 7.22. The largest absolute Gasteiger partial charge is 0.481 e. The number of rotatable bonds is 4. The lowest BCUT2D eigenvalue weighted by Crippen LogP contribution is -2.39. The molecule has 1 fully saturated rings. The minimum absolute atomic E-state index is 0.0736. The Hall–Kier alpha value is -1.84. The van der Waals surface area contributed by atoms with E-state index in [0.717, 1.165) is 12.0 Å². The molecule has 20 heavy (non-hydrogen) atoms. The van der Waals surface area contributed by atoms with E-state index in [0.29, 0.717) is 25.8 Å². The van der Waals surface area contributed by atoms with E-state index >= 15 is 0 Å². The van der Waals surface area contributed by atoms with Crippen LogP contribution in [-0.4, -0.2) is 28.4 Å². The lowest BCUT2D eigenvalue weighted by molar-refractivity contribution is -0.146. The van der Waals surface area contributed by atoms with E-state index in [1.54, 1.807) is 4.90 Å². The van der Waals surface area contributed by atoms with Crippen molar-refractivity contribution < 1.29 is 14.7 Å². The summed E-state index contributed by atoms with van der Waals surface area (Å²) in [7, 11) is 0. The van der Waals surface area contributed by atoms with Crippen molar-refractivity contribution in [2.45, 2.75) is 38.6 Å². The van der Waals surface area contributed by atoms with Gasteiger partial charge >= 0.3 is 5.97 Å². The summed E-state index contributed by atoms with van der Waals surface area (Å²) in [5.41, 5.74) is 0.920. The monoisotopic (exact) mass is 275 g/mol. The van der Waals surface area contributed by atoms with Crippen LogP contribution in [0.5, 0.6) is 0 Å². The topological polar surface area (TPSA) is 57.6 Å². The third-order valence-electron chi connectivity index (χ3n) is 3.87. The summed E-state index contributed by atoms with van der Waals surface area (Å²) in [5, 5.41) is 9.53. The summed E-state index contributed by atoms with van der Waals surface area (Å²) in [6, 6.07) is 9.19. The van der Waals surface area contributed by atoms with E-state index in [1.165, 1.54) is 0 Å². The van der Waals surface area contributed by atoms with Crippen molar-refractivity contribution in [3.05, 3.63) is 35.9 Å². The zero-order valence-electron chi connectivity index (χ0n) is 11.8. The molecule has 1 saturated heterocycles. The van der Waals surface area contributed by atoms with Crippen LogP contribution >= 0.6 is 0 Å². The number of aliphatic carboxylic acids is 1. The third-order valence-corrected chi connectivity index (χ3v) is 3.87. The summed E-state index contributed by atoms with van der Waals surface area (Å²) in [6.45, 7) is 2.62. The Morgan fingerprint density at radius 1 is 1.35 bits per heavy atom. The summed E-state index contributed by atoms with van der Waals surface area (Å²) in [5.74, 6) is -1.26. The van der Waals surface area contributed by atoms with Gasteiger partial charge in [-0.15, -0.1) is 0 Å². The fourth-order valence-corrected chi connectivity index (χ4v) is 2.97. The van der Waals surface area contributed by atoms with Gasteiger partial charge in [0.2, 0.25) is 5.91 Å². The fourth-order valence-electron chi connectivity index (χ4n) is 2.97. The van der Waals surface area contributed by atoms with Gasteiger partial charge in [0.25, 0.3) is 0 Å². The molecule has 0 aliphatic carbocycles. The van der Waals surface area contributed by atoms with Gasteiger partial charge in [-0.05, 0) is 24.8 Å². The second kappa shape index (κ2) is 6.55. The van der Waals surface area contributed by atoms with Gasteiger partial charge in [-0.25, -0.2) is 0 Å². The molecule has 1 heterocycles.